The van der Waals surface area contributed by atoms with E-state index in [1.165, 1.54) is 15.7 Å². The summed E-state index contributed by atoms with van der Waals surface area (Å²) in [6, 6.07) is 7.68. The lowest BCUT2D eigenvalue weighted by Crippen LogP contribution is -2.40. The number of aryl methyl sites for hydroxylation is 4. The van der Waals surface area contributed by atoms with Crippen LogP contribution in [0.1, 0.15) is 108 Å². The minimum Gasteiger partial charge on any atom is -0.481 e. The van der Waals surface area contributed by atoms with Gasteiger partial charge in [0.15, 0.2) is 0 Å². The number of carboxylic acids is 1. The summed E-state index contributed by atoms with van der Waals surface area (Å²) in [4.78, 5) is 41.8. The molecular weight excluding hydrogens is 581 g/mol. The summed E-state index contributed by atoms with van der Waals surface area (Å²) in [5.41, 5.74) is 7.77. The van der Waals surface area contributed by atoms with Gasteiger partial charge >= 0.3 is 5.97 Å². The maximum absolute atomic E-state index is 16.4. The average molecular weight is 630 g/mol. The molecule has 1 aliphatic heterocycles. The Bertz CT molecular complexity index is 1670. The first-order valence-corrected chi connectivity index (χ1v) is 16.7. The van der Waals surface area contributed by atoms with Crippen molar-refractivity contribution < 1.29 is 19.1 Å². The number of aliphatic carboxylic acids is 1. The molecule has 2 atom stereocenters. The number of likely N-dealkylation sites (N-methyl/N-ethyl adjacent to an activating group) is 1. The van der Waals surface area contributed by atoms with Crippen molar-refractivity contribution in [1.82, 2.24) is 14.8 Å². The zero-order chi connectivity index (χ0) is 33.1. The van der Waals surface area contributed by atoms with E-state index in [0.717, 1.165) is 85.7 Å². The van der Waals surface area contributed by atoms with E-state index in [1.54, 1.807) is 18.3 Å². The van der Waals surface area contributed by atoms with Crippen LogP contribution in [0, 0.1) is 26.6 Å². The number of hydrogen-bond donors (Lipinski definition) is 2. The van der Waals surface area contributed by atoms with Gasteiger partial charge in [-0.1, -0.05) is 37.0 Å². The third-order valence-corrected chi connectivity index (χ3v) is 9.60. The van der Waals surface area contributed by atoms with Gasteiger partial charge < -0.3 is 19.9 Å². The number of carbonyl (C=O) groups excluding carboxylic acids is 1. The lowest BCUT2D eigenvalue weighted by atomic mass is 9.86. The van der Waals surface area contributed by atoms with Crippen molar-refractivity contribution in [3.05, 3.63) is 91.6 Å². The Morgan fingerprint density at radius 1 is 0.957 bits per heavy atom. The van der Waals surface area contributed by atoms with Gasteiger partial charge in [-0.25, -0.2) is 4.39 Å². The van der Waals surface area contributed by atoms with Crippen molar-refractivity contribution in [3.63, 3.8) is 0 Å². The summed E-state index contributed by atoms with van der Waals surface area (Å²) in [6.45, 7) is 6.86. The van der Waals surface area contributed by atoms with Crippen LogP contribution in [0.3, 0.4) is 0 Å². The molecule has 0 radical (unpaired) electrons. The van der Waals surface area contributed by atoms with Crippen LogP contribution >= 0.6 is 0 Å². The number of nitrogens with zero attached hydrogens (tertiary/aromatic N) is 2. The number of aromatic nitrogens is 1. The maximum atomic E-state index is 16.4. The van der Waals surface area contributed by atoms with Gasteiger partial charge in [0.25, 0.3) is 5.56 Å². The summed E-state index contributed by atoms with van der Waals surface area (Å²) in [6.07, 6.45) is 8.65. The van der Waals surface area contributed by atoms with Crippen LogP contribution in [-0.4, -0.2) is 47.1 Å². The Hall–Kier alpha value is -3.78. The Kier molecular flexibility index (Phi) is 10.5. The largest absolute Gasteiger partial charge is 0.481 e. The van der Waals surface area contributed by atoms with Crippen molar-refractivity contribution >= 4 is 11.9 Å². The van der Waals surface area contributed by atoms with E-state index in [-0.39, 0.29) is 17.0 Å². The maximum Gasteiger partial charge on any atom is 0.305 e. The van der Waals surface area contributed by atoms with Gasteiger partial charge in [-0.2, -0.15) is 0 Å². The lowest BCUT2D eigenvalue weighted by molar-refractivity contribution is -0.138. The molecule has 246 valence electrons. The second-order valence-electron chi connectivity index (χ2n) is 13.8. The predicted molar refractivity (Wildman–Crippen MR) is 180 cm³/mol. The molecule has 1 aliphatic carbocycles. The van der Waals surface area contributed by atoms with Gasteiger partial charge in [0.05, 0.1) is 12.5 Å². The summed E-state index contributed by atoms with van der Waals surface area (Å²) < 4.78 is 17.9. The van der Waals surface area contributed by atoms with Crippen molar-refractivity contribution in [3.8, 4) is 11.1 Å². The smallest absolute Gasteiger partial charge is 0.305 e. The number of halogens is 1. The highest BCUT2D eigenvalue weighted by atomic mass is 19.1. The van der Waals surface area contributed by atoms with Gasteiger partial charge in [0.2, 0.25) is 5.91 Å². The third kappa shape index (κ3) is 7.77. The first kappa shape index (κ1) is 33.6. The molecule has 7 nitrogen and oxygen atoms in total. The van der Waals surface area contributed by atoms with Crippen molar-refractivity contribution in [1.29, 1.82) is 0 Å². The number of hydrogen-bond acceptors (Lipinski definition) is 4. The second-order valence-corrected chi connectivity index (χ2v) is 13.8. The van der Waals surface area contributed by atoms with E-state index in [9.17, 15) is 19.5 Å². The molecule has 2 bridgehead atoms. The number of nitrogens with one attached hydrogen (secondary N) is 1. The number of fused-ring (bicyclic) bond motifs is 4. The fourth-order valence-corrected chi connectivity index (χ4v) is 7.04. The fourth-order valence-electron chi connectivity index (χ4n) is 7.04. The molecule has 46 heavy (non-hydrogen) atoms. The minimum atomic E-state index is -1.14. The molecule has 0 spiro atoms. The molecule has 3 aromatic rings. The van der Waals surface area contributed by atoms with Crippen molar-refractivity contribution in [2.75, 3.05) is 20.6 Å². The van der Waals surface area contributed by atoms with Crippen LogP contribution in [0.5, 0.6) is 0 Å². The monoisotopic (exact) mass is 629 g/mol. The number of pyridine rings is 1. The quantitative estimate of drug-likeness (QED) is 0.296. The average Bonchev–Trinajstić information content (AvgIpc) is 3.81. The SMILES string of the molecule is Cc1cc(C)c2c(c1)CCCCCC[C@H](n1cc(CCN(C)C)c(C)cc1=O)C(=O)N[C@@H](CC(=O)O)c1cc-2cc(C2CC2)c1F. The van der Waals surface area contributed by atoms with Gasteiger partial charge in [-0.05, 0) is 130 Å². The topological polar surface area (TPSA) is 91.6 Å². The molecular formula is C38H48FN3O4. The highest BCUT2D eigenvalue weighted by molar-refractivity contribution is 5.82. The number of rotatable bonds is 7. The van der Waals surface area contributed by atoms with Crippen molar-refractivity contribution in [2.24, 2.45) is 0 Å². The summed E-state index contributed by atoms with van der Waals surface area (Å²) >= 11 is 0. The van der Waals surface area contributed by atoms with E-state index >= 15 is 4.39 Å². The van der Waals surface area contributed by atoms with Gasteiger partial charge in [0, 0.05) is 24.4 Å². The molecule has 2 N–H and O–H groups in total. The summed E-state index contributed by atoms with van der Waals surface area (Å²) in [5, 5.41) is 12.9. The number of benzene rings is 2. The molecule has 2 heterocycles. The Labute approximate surface area is 271 Å². The Morgan fingerprint density at radius 3 is 2.37 bits per heavy atom. The highest BCUT2D eigenvalue weighted by Crippen LogP contribution is 2.45. The summed E-state index contributed by atoms with van der Waals surface area (Å²) in [5.74, 6) is -1.96. The normalized spacial score (nSPS) is 19.2. The molecule has 8 heteroatoms. The molecule has 0 saturated heterocycles. The van der Waals surface area contributed by atoms with Crippen LogP contribution in [0.2, 0.25) is 0 Å². The van der Waals surface area contributed by atoms with Crippen LogP contribution < -0.4 is 10.9 Å². The van der Waals surface area contributed by atoms with E-state index in [0.29, 0.717) is 12.0 Å². The zero-order valence-electron chi connectivity index (χ0n) is 27.9. The van der Waals surface area contributed by atoms with Crippen LogP contribution in [0.25, 0.3) is 11.1 Å². The summed E-state index contributed by atoms with van der Waals surface area (Å²) in [7, 11) is 3.98. The van der Waals surface area contributed by atoms with E-state index in [4.69, 9.17) is 0 Å². The first-order valence-electron chi connectivity index (χ1n) is 16.7. The van der Waals surface area contributed by atoms with Crippen molar-refractivity contribution in [2.45, 2.75) is 103 Å². The van der Waals surface area contributed by atoms with Crippen LogP contribution in [-0.2, 0) is 22.4 Å². The van der Waals surface area contributed by atoms with E-state index in [1.807, 2.05) is 27.1 Å². The third-order valence-electron chi connectivity index (χ3n) is 9.60. The molecule has 0 unspecified atom stereocenters. The number of amides is 1. The highest BCUT2D eigenvalue weighted by Gasteiger charge is 2.33. The fraction of sp³-hybridized carbons (Fsp3) is 0.500. The minimum absolute atomic E-state index is 0.0793. The molecule has 1 aromatic heterocycles. The molecule has 2 aliphatic rings. The van der Waals surface area contributed by atoms with E-state index in [2.05, 4.69) is 36.2 Å². The Morgan fingerprint density at radius 2 is 1.67 bits per heavy atom. The van der Waals surface area contributed by atoms with E-state index < -0.39 is 36.2 Å². The molecule has 1 amide bonds. The van der Waals surface area contributed by atoms with Gasteiger partial charge in [-0.15, -0.1) is 0 Å². The first-order chi connectivity index (χ1) is 21.9. The molecule has 5 rings (SSSR count). The molecule has 1 fully saturated rings. The molecule has 1 saturated carbocycles. The molecule has 2 aromatic carbocycles. The predicted octanol–water partition coefficient (Wildman–Crippen LogP) is 6.94. The lowest BCUT2D eigenvalue weighted by Gasteiger charge is -2.26. The van der Waals surface area contributed by atoms with Crippen LogP contribution in [0.4, 0.5) is 4.39 Å². The number of carbonyl (C=O) groups is 2. The number of carboxylic acid groups (broad SMARTS) is 1. The van der Waals surface area contributed by atoms with Gasteiger partial charge in [-0.3, -0.25) is 14.4 Å². The second kappa shape index (κ2) is 14.3. The Balaban J connectivity index is 1.63. The van der Waals surface area contributed by atoms with Crippen LogP contribution in [0.15, 0.2) is 41.3 Å². The standard InChI is InChI=1S/C38H48FN3O4/c1-23-16-25(3)36-27(17-23)10-8-6-7-9-11-33(42-22-28(14-15-41(4)5)24(2)18-34(42)43)38(46)40-32(21-35(44)45)31-20-29(36)19-30(37(31)39)26-12-13-26/h16-20,22,26,32-33H,6-15,21H2,1-5H3,(H,40,46)(H,44,45)/t32-,33-/m0/s1. The van der Waals surface area contributed by atoms with Gasteiger partial charge in [0.1, 0.15) is 11.9 Å². The zero-order valence-corrected chi connectivity index (χ0v) is 27.9.